The van der Waals surface area contributed by atoms with Gasteiger partial charge in [-0.3, -0.25) is 0 Å². The average Bonchev–Trinajstić information content (AvgIpc) is 2.48. The Morgan fingerprint density at radius 2 is 1.91 bits per heavy atom. The van der Waals surface area contributed by atoms with E-state index in [0.717, 1.165) is 12.8 Å². The molecule has 0 spiro atoms. The van der Waals surface area contributed by atoms with Gasteiger partial charge in [-0.15, -0.1) is 0 Å². The second-order valence-corrected chi connectivity index (χ2v) is 6.90. The Balaban J connectivity index is 2.04. The fraction of sp³-hybridized carbons (Fsp3) is 0.500. The molecule has 1 saturated carbocycles. The van der Waals surface area contributed by atoms with Gasteiger partial charge in [0, 0.05) is 0 Å². The maximum Gasteiger partial charge on any atom is 0.341 e. The minimum atomic E-state index is -3.80. The van der Waals surface area contributed by atoms with E-state index in [0.29, 0.717) is 12.8 Å². The number of carbonyl (C=O) groups is 1. The Hall–Kier alpha value is -1.67. The molecular weight excluding hydrogens is 313 g/mol. The SMILES string of the molecule is O=C(O)COc1ccc(S(=O)(=O)N[C@@H]2CCCC[C@H]2F)cc1. The molecule has 2 atom stereocenters. The molecular formula is C14H18FNO5S. The molecule has 0 heterocycles. The van der Waals surface area contributed by atoms with Gasteiger partial charge < -0.3 is 9.84 Å². The lowest BCUT2D eigenvalue weighted by atomic mass is 9.95. The quantitative estimate of drug-likeness (QED) is 0.828. The van der Waals surface area contributed by atoms with Crippen LogP contribution >= 0.6 is 0 Å². The van der Waals surface area contributed by atoms with Crippen molar-refractivity contribution in [1.29, 1.82) is 0 Å². The van der Waals surface area contributed by atoms with Crippen molar-refractivity contribution in [3.05, 3.63) is 24.3 Å². The number of aliphatic carboxylic acids is 1. The lowest BCUT2D eigenvalue weighted by Gasteiger charge is -2.26. The number of carboxylic acids is 1. The highest BCUT2D eigenvalue weighted by molar-refractivity contribution is 7.89. The number of halogens is 1. The van der Waals surface area contributed by atoms with E-state index in [1.807, 2.05) is 0 Å². The summed E-state index contributed by atoms with van der Waals surface area (Å²) in [5.41, 5.74) is 0. The third-order valence-corrected chi connectivity index (χ3v) is 4.99. The van der Waals surface area contributed by atoms with Crippen LogP contribution in [0.5, 0.6) is 5.75 Å². The van der Waals surface area contributed by atoms with Crippen LogP contribution < -0.4 is 9.46 Å². The van der Waals surface area contributed by atoms with Crippen LogP contribution in [0.2, 0.25) is 0 Å². The highest BCUT2D eigenvalue weighted by Crippen LogP contribution is 2.23. The first kappa shape index (κ1) is 16.7. The normalized spacial score (nSPS) is 22.2. The van der Waals surface area contributed by atoms with E-state index in [-0.39, 0.29) is 10.6 Å². The molecule has 0 unspecified atom stereocenters. The number of rotatable bonds is 6. The summed E-state index contributed by atoms with van der Waals surface area (Å²) in [6.07, 6.45) is 1.27. The molecule has 6 nitrogen and oxygen atoms in total. The monoisotopic (exact) mass is 331 g/mol. The van der Waals surface area contributed by atoms with Crippen molar-refractivity contribution < 1.29 is 27.4 Å². The first-order chi connectivity index (χ1) is 10.4. The van der Waals surface area contributed by atoms with E-state index < -0.39 is 34.8 Å². The molecule has 0 saturated heterocycles. The minimum absolute atomic E-state index is 0.00653. The minimum Gasteiger partial charge on any atom is -0.482 e. The van der Waals surface area contributed by atoms with Gasteiger partial charge in [0.15, 0.2) is 6.61 Å². The zero-order valence-electron chi connectivity index (χ0n) is 11.9. The first-order valence-corrected chi connectivity index (χ1v) is 8.48. The van der Waals surface area contributed by atoms with Gasteiger partial charge in [0.05, 0.1) is 10.9 Å². The lowest BCUT2D eigenvalue weighted by molar-refractivity contribution is -0.139. The summed E-state index contributed by atoms with van der Waals surface area (Å²) in [6.45, 7) is -0.504. The Morgan fingerprint density at radius 1 is 1.27 bits per heavy atom. The molecule has 1 aliphatic rings. The first-order valence-electron chi connectivity index (χ1n) is 6.99. The van der Waals surface area contributed by atoms with E-state index >= 15 is 0 Å². The number of hydrogen-bond donors (Lipinski definition) is 2. The van der Waals surface area contributed by atoms with Crippen LogP contribution in [0.1, 0.15) is 25.7 Å². The van der Waals surface area contributed by atoms with Gasteiger partial charge in [-0.25, -0.2) is 22.3 Å². The van der Waals surface area contributed by atoms with Crippen molar-refractivity contribution in [2.45, 2.75) is 42.8 Å². The summed E-state index contributed by atoms with van der Waals surface area (Å²) in [5, 5.41) is 8.50. The van der Waals surface area contributed by atoms with Gasteiger partial charge in [0.2, 0.25) is 10.0 Å². The second kappa shape index (κ2) is 7.06. The van der Waals surface area contributed by atoms with E-state index in [9.17, 15) is 17.6 Å². The number of nitrogens with one attached hydrogen (secondary N) is 1. The summed E-state index contributed by atoms with van der Waals surface area (Å²) >= 11 is 0. The fourth-order valence-electron chi connectivity index (χ4n) is 2.35. The summed E-state index contributed by atoms with van der Waals surface area (Å²) in [6, 6.07) is 4.64. The highest BCUT2D eigenvalue weighted by atomic mass is 32.2. The Kier molecular flexibility index (Phi) is 5.36. The average molecular weight is 331 g/mol. The standard InChI is InChI=1S/C14H18FNO5S/c15-12-3-1-2-4-13(12)16-22(19,20)11-7-5-10(6-8-11)21-9-14(17)18/h5-8,12-13,16H,1-4,9H2,(H,17,18)/t12-,13-/m1/s1. The molecule has 2 N–H and O–H groups in total. The molecule has 0 radical (unpaired) electrons. The molecule has 2 rings (SSSR count). The predicted octanol–water partition coefficient (Wildman–Crippen LogP) is 1.71. The van der Waals surface area contributed by atoms with Crippen molar-refractivity contribution >= 4 is 16.0 Å². The van der Waals surface area contributed by atoms with E-state index in [4.69, 9.17) is 9.84 Å². The number of benzene rings is 1. The van der Waals surface area contributed by atoms with Gasteiger partial charge in [0.25, 0.3) is 0 Å². The predicted molar refractivity (Wildman–Crippen MR) is 77.0 cm³/mol. The molecule has 1 aromatic carbocycles. The summed E-state index contributed by atoms with van der Waals surface area (Å²) in [7, 11) is -3.80. The Bertz CT molecular complexity index is 617. The van der Waals surface area contributed by atoms with Crippen LogP contribution in [0.3, 0.4) is 0 Å². The maximum atomic E-state index is 13.7. The molecule has 0 aliphatic heterocycles. The number of alkyl halides is 1. The molecule has 0 aromatic heterocycles. The molecule has 22 heavy (non-hydrogen) atoms. The van der Waals surface area contributed by atoms with Gasteiger partial charge in [-0.05, 0) is 37.1 Å². The van der Waals surface area contributed by atoms with Crippen molar-refractivity contribution in [3.63, 3.8) is 0 Å². The molecule has 1 aliphatic carbocycles. The zero-order valence-corrected chi connectivity index (χ0v) is 12.7. The van der Waals surface area contributed by atoms with E-state index in [2.05, 4.69) is 4.72 Å². The van der Waals surface area contributed by atoms with Gasteiger partial charge in [-0.2, -0.15) is 0 Å². The zero-order chi connectivity index (χ0) is 16.2. The van der Waals surface area contributed by atoms with Crippen molar-refractivity contribution in [3.8, 4) is 5.75 Å². The van der Waals surface area contributed by atoms with Gasteiger partial charge in [0.1, 0.15) is 11.9 Å². The lowest BCUT2D eigenvalue weighted by Crippen LogP contribution is -2.43. The fourth-order valence-corrected chi connectivity index (χ4v) is 3.64. The van der Waals surface area contributed by atoms with Crippen LogP contribution in [-0.2, 0) is 14.8 Å². The highest BCUT2D eigenvalue weighted by Gasteiger charge is 2.29. The molecule has 122 valence electrons. The number of sulfonamides is 1. The van der Waals surface area contributed by atoms with Crippen molar-refractivity contribution in [1.82, 2.24) is 4.72 Å². The van der Waals surface area contributed by atoms with Crippen molar-refractivity contribution in [2.75, 3.05) is 6.61 Å². The third-order valence-electron chi connectivity index (χ3n) is 3.48. The second-order valence-electron chi connectivity index (χ2n) is 5.18. The van der Waals surface area contributed by atoms with Gasteiger partial charge >= 0.3 is 5.97 Å². The van der Waals surface area contributed by atoms with Crippen LogP contribution in [0.4, 0.5) is 4.39 Å². The Labute approximate surface area is 128 Å². The summed E-state index contributed by atoms with van der Waals surface area (Å²) in [4.78, 5) is 10.4. The molecule has 0 amide bonds. The number of carboxylic acid groups (broad SMARTS) is 1. The summed E-state index contributed by atoms with van der Waals surface area (Å²) < 4.78 is 45.5. The van der Waals surface area contributed by atoms with E-state index in [1.165, 1.54) is 24.3 Å². The molecule has 1 aromatic rings. The van der Waals surface area contributed by atoms with Crippen LogP contribution in [0, 0.1) is 0 Å². The molecule has 8 heteroatoms. The van der Waals surface area contributed by atoms with Crippen LogP contribution in [-0.4, -0.2) is 38.3 Å². The van der Waals surface area contributed by atoms with Crippen molar-refractivity contribution in [2.24, 2.45) is 0 Å². The van der Waals surface area contributed by atoms with Crippen LogP contribution in [0.15, 0.2) is 29.2 Å². The van der Waals surface area contributed by atoms with E-state index in [1.54, 1.807) is 0 Å². The third kappa shape index (κ3) is 4.41. The Morgan fingerprint density at radius 3 is 2.50 bits per heavy atom. The summed E-state index contributed by atoms with van der Waals surface area (Å²) in [5.74, 6) is -0.868. The topological polar surface area (TPSA) is 92.7 Å². The number of ether oxygens (including phenoxy) is 1. The molecule has 1 fully saturated rings. The largest absolute Gasteiger partial charge is 0.482 e. The van der Waals surface area contributed by atoms with Gasteiger partial charge in [-0.1, -0.05) is 12.8 Å². The smallest absolute Gasteiger partial charge is 0.341 e. The maximum absolute atomic E-state index is 13.7. The molecule has 0 bridgehead atoms. The van der Waals surface area contributed by atoms with Crippen LogP contribution in [0.25, 0.3) is 0 Å². The number of hydrogen-bond acceptors (Lipinski definition) is 4.